The van der Waals surface area contributed by atoms with E-state index in [1.165, 1.54) is 13.3 Å². The van der Waals surface area contributed by atoms with Crippen LogP contribution in [0.25, 0.3) is 22.7 Å². The molecule has 4 rings (SSSR count). The van der Waals surface area contributed by atoms with Crippen LogP contribution in [-0.4, -0.2) is 35.1 Å². The highest BCUT2D eigenvalue weighted by Gasteiger charge is 2.15. The van der Waals surface area contributed by atoms with Crippen molar-refractivity contribution in [3.8, 4) is 23.0 Å². The van der Waals surface area contributed by atoms with Gasteiger partial charge in [0.15, 0.2) is 11.2 Å². The summed E-state index contributed by atoms with van der Waals surface area (Å²) in [6.45, 7) is 0. The molecule has 0 atom stereocenters. The van der Waals surface area contributed by atoms with Crippen molar-refractivity contribution in [2.24, 2.45) is 0 Å². The van der Waals surface area contributed by atoms with E-state index in [2.05, 4.69) is 20.3 Å². The molecule has 28 heavy (non-hydrogen) atoms. The van der Waals surface area contributed by atoms with Gasteiger partial charge in [0.1, 0.15) is 11.5 Å². The lowest BCUT2D eigenvalue weighted by Gasteiger charge is -2.11. The van der Waals surface area contributed by atoms with Crippen LogP contribution in [0, 0.1) is 0 Å². The number of hydrogen-bond donors (Lipinski definition) is 1. The molecule has 140 valence electrons. The van der Waals surface area contributed by atoms with E-state index in [4.69, 9.17) is 13.9 Å². The number of carbonyl (C=O) groups excluding carboxylic acids is 1. The summed E-state index contributed by atoms with van der Waals surface area (Å²) in [5, 5.41) is 2.81. The van der Waals surface area contributed by atoms with Gasteiger partial charge in [-0.1, -0.05) is 0 Å². The maximum atomic E-state index is 12.7. The van der Waals surface area contributed by atoms with Crippen molar-refractivity contribution in [2.45, 2.75) is 0 Å². The molecular weight excluding hydrogens is 360 g/mol. The van der Waals surface area contributed by atoms with Gasteiger partial charge in [-0.25, -0.2) is 4.98 Å². The fourth-order valence-electron chi connectivity index (χ4n) is 2.70. The fourth-order valence-corrected chi connectivity index (χ4v) is 2.70. The first kappa shape index (κ1) is 17.5. The van der Waals surface area contributed by atoms with Crippen molar-refractivity contribution >= 4 is 22.8 Å². The number of nitrogens with one attached hydrogen (secondary N) is 1. The van der Waals surface area contributed by atoms with Crippen LogP contribution in [0.4, 0.5) is 5.69 Å². The first-order chi connectivity index (χ1) is 13.7. The highest BCUT2D eigenvalue weighted by atomic mass is 16.5. The number of ether oxygens (including phenoxy) is 2. The summed E-state index contributed by atoms with van der Waals surface area (Å²) in [5.74, 6) is 1.05. The summed E-state index contributed by atoms with van der Waals surface area (Å²) < 4.78 is 16.1. The molecule has 0 fully saturated rings. The van der Waals surface area contributed by atoms with Gasteiger partial charge in [0.05, 0.1) is 37.2 Å². The van der Waals surface area contributed by atoms with Gasteiger partial charge in [-0.05, 0) is 30.3 Å². The Labute approximate surface area is 160 Å². The smallest absolute Gasteiger partial charge is 0.259 e. The van der Waals surface area contributed by atoms with E-state index in [1.807, 2.05) is 0 Å². The number of fused-ring (bicyclic) bond motifs is 1. The number of rotatable bonds is 5. The summed E-state index contributed by atoms with van der Waals surface area (Å²) in [4.78, 5) is 25.3. The highest BCUT2D eigenvalue weighted by molar-refractivity contribution is 6.06. The molecule has 0 aliphatic rings. The van der Waals surface area contributed by atoms with E-state index in [1.54, 1.807) is 55.9 Å². The van der Waals surface area contributed by atoms with Gasteiger partial charge in [-0.3, -0.25) is 9.78 Å². The maximum absolute atomic E-state index is 12.7. The molecule has 1 aromatic carbocycles. The third-order valence-electron chi connectivity index (χ3n) is 4.06. The Morgan fingerprint density at radius 3 is 2.79 bits per heavy atom. The Morgan fingerprint density at radius 2 is 2.00 bits per heavy atom. The topological polar surface area (TPSA) is 99.4 Å². The zero-order chi connectivity index (χ0) is 19.5. The minimum Gasteiger partial charge on any atom is -0.497 e. The van der Waals surface area contributed by atoms with E-state index in [0.29, 0.717) is 45.4 Å². The molecule has 0 bridgehead atoms. The Hall–Kier alpha value is -3.94. The zero-order valence-corrected chi connectivity index (χ0v) is 15.2. The van der Waals surface area contributed by atoms with Gasteiger partial charge in [-0.15, -0.1) is 0 Å². The van der Waals surface area contributed by atoms with Gasteiger partial charge in [0, 0.05) is 18.5 Å². The second-order valence-corrected chi connectivity index (χ2v) is 5.83. The number of benzene rings is 1. The molecule has 0 aliphatic heterocycles. The first-order valence-electron chi connectivity index (χ1n) is 8.38. The molecule has 1 N–H and O–H groups in total. The van der Waals surface area contributed by atoms with Crippen molar-refractivity contribution in [1.29, 1.82) is 0 Å². The van der Waals surface area contributed by atoms with Gasteiger partial charge >= 0.3 is 0 Å². The van der Waals surface area contributed by atoms with E-state index in [9.17, 15) is 4.79 Å². The van der Waals surface area contributed by atoms with Crippen molar-refractivity contribution in [3.05, 3.63) is 60.6 Å². The summed E-state index contributed by atoms with van der Waals surface area (Å²) in [6, 6.07) is 10.3. The van der Waals surface area contributed by atoms with Crippen LogP contribution in [0.15, 0.2) is 59.4 Å². The number of oxazole rings is 1. The Balaban J connectivity index is 1.61. The predicted molar refractivity (Wildman–Crippen MR) is 103 cm³/mol. The van der Waals surface area contributed by atoms with Crippen LogP contribution in [0.1, 0.15) is 10.4 Å². The number of anilines is 1. The lowest BCUT2D eigenvalue weighted by molar-refractivity contribution is 0.102. The summed E-state index contributed by atoms with van der Waals surface area (Å²) in [7, 11) is 3.04. The summed E-state index contributed by atoms with van der Waals surface area (Å²) in [5.41, 5.74) is 2.58. The van der Waals surface area contributed by atoms with Crippen molar-refractivity contribution < 1.29 is 18.7 Å². The zero-order valence-electron chi connectivity index (χ0n) is 15.2. The number of methoxy groups -OCH3 is 2. The number of aromatic nitrogens is 3. The van der Waals surface area contributed by atoms with Crippen LogP contribution < -0.4 is 14.8 Å². The molecule has 0 saturated heterocycles. The molecular formula is C20H16N4O4. The molecule has 8 nitrogen and oxygen atoms in total. The molecule has 8 heteroatoms. The molecule has 0 spiro atoms. The third-order valence-corrected chi connectivity index (χ3v) is 4.06. The minimum absolute atomic E-state index is 0.335. The third kappa shape index (κ3) is 3.35. The Morgan fingerprint density at radius 1 is 1.11 bits per heavy atom. The minimum atomic E-state index is -0.335. The quantitative estimate of drug-likeness (QED) is 0.568. The van der Waals surface area contributed by atoms with Crippen LogP contribution in [0.3, 0.4) is 0 Å². The number of hydrogen-bond acceptors (Lipinski definition) is 7. The molecule has 0 aliphatic carbocycles. The maximum Gasteiger partial charge on any atom is 0.259 e. The highest BCUT2D eigenvalue weighted by Crippen LogP contribution is 2.27. The van der Waals surface area contributed by atoms with Gasteiger partial charge in [-0.2, -0.15) is 4.98 Å². The average molecular weight is 376 g/mol. The van der Waals surface area contributed by atoms with Crippen molar-refractivity contribution in [3.63, 3.8) is 0 Å². The normalized spacial score (nSPS) is 10.6. The summed E-state index contributed by atoms with van der Waals surface area (Å²) >= 11 is 0. The lowest BCUT2D eigenvalue weighted by atomic mass is 10.1. The molecule has 3 heterocycles. The second kappa shape index (κ2) is 7.36. The molecule has 1 amide bonds. The molecule has 3 aromatic heterocycles. The predicted octanol–water partition coefficient (Wildman–Crippen LogP) is 3.55. The number of pyridine rings is 2. The van der Waals surface area contributed by atoms with Gasteiger partial charge in [0.25, 0.3) is 5.91 Å². The molecule has 0 unspecified atom stereocenters. The SMILES string of the molecule is COc1ccc(C(=O)Nc2cncc(-c3nc4ncccc4o3)c2)c(OC)c1. The summed E-state index contributed by atoms with van der Waals surface area (Å²) in [6.07, 6.45) is 4.79. The van der Waals surface area contributed by atoms with E-state index >= 15 is 0 Å². The Kier molecular flexibility index (Phi) is 4.59. The van der Waals surface area contributed by atoms with Crippen molar-refractivity contribution in [1.82, 2.24) is 15.0 Å². The van der Waals surface area contributed by atoms with E-state index < -0.39 is 0 Å². The molecule has 0 saturated carbocycles. The van der Waals surface area contributed by atoms with E-state index in [0.717, 1.165) is 0 Å². The van der Waals surface area contributed by atoms with Gasteiger partial charge in [0.2, 0.25) is 5.89 Å². The Bertz CT molecular complexity index is 1120. The number of amides is 1. The lowest BCUT2D eigenvalue weighted by Crippen LogP contribution is -2.13. The fraction of sp³-hybridized carbons (Fsp3) is 0.100. The van der Waals surface area contributed by atoms with E-state index in [-0.39, 0.29) is 5.91 Å². The van der Waals surface area contributed by atoms with Gasteiger partial charge < -0.3 is 19.2 Å². The largest absolute Gasteiger partial charge is 0.497 e. The standard InChI is InChI=1S/C20H16N4O4/c1-26-14-5-6-15(17(9-14)27-2)19(25)23-13-8-12(10-21-11-13)20-24-18-16(28-20)4-3-7-22-18/h3-11H,1-2H3,(H,23,25). The van der Waals surface area contributed by atoms with Crippen LogP contribution >= 0.6 is 0 Å². The first-order valence-corrected chi connectivity index (χ1v) is 8.38. The van der Waals surface area contributed by atoms with Crippen molar-refractivity contribution in [2.75, 3.05) is 19.5 Å². The monoisotopic (exact) mass is 376 g/mol. The molecule has 0 radical (unpaired) electrons. The second-order valence-electron chi connectivity index (χ2n) is 5.83. The number of carbonyl (C=O) groups is 1. The molecule has 4 aromatic rings. The number of nitrogens with zero attached hydrogens (tertiary/aromatic N) is 3. The van der Waals surface area contributed by atoms with Crippen LogP contribution in [0.5, 0.6) is 11.5 Å². The van der Waals surface area contributed by atoms with Crippen LogP contribution in [-0.2, 0) is 0 Å². The average Bonchev–Trinajstić information content (AvgIpc) is 3.17. The van der Waals surface area contributed by atoms with Crippen LogP contribution in [0.2, 0.25) is 0 Å².